The van der Waals surface area contributed by atoms with Gasteiger partial charge in [-0.1, -0.05) is 12.1 Å². The Bertz CT molecular complexity index is 543. The van der Waals surface area contributed by atoms with Crippen LogP contribution in [0.1, 0.15) is 16.8 Å². The molecule has 0 saturated carbocycles. The highest BCUT2D eigenvalue weighted by molar-refractivity contribution is 5.46. The summed E-state index contributed by atoms with van der Waals surface area (Å²) in [6.07, 6.45) is 2.06. The maximum absolute atomic E-state index is 4.35. The van der Waals surface area contributed by atoms with Crippen LogP contribution in [0.25, 0.3) is 0 Å². The fourth-order valence-corrected chi connectivity index (χ4v) is 2.16. The van der Waals surface area contributed by atoms with Crippen LogP contribution in [0.5, 0.6) is 0 Å². The molecule has 19 heavy (non-hydrogen) atoms. The van der Waals surface area contributed by atoms with E-state index in [2.05, 4.69) is 59.9 Å². The van der Waals surface area contributed by atoms with Gasteiger partial charge in [-0.25, -0.2) is 0 Å². The van der Waals surface area contributed by atoms with E-state index in [-0.39, 0.29) is 0 Å². The van der Waals surface area contributed by atoms with Crippen molar-refractivity contribution in [1.29, 1.82) is 0 Å². The highest BCUT2D eigenvalue weighted by Gasteiger charge is 2.03. The van der Waals surface area contributed by atoms with Gasteiger partial charge < -0.3 is 10.2 Å². The quantitative estimate of drug-likeness (QED) is 0.894. The van der Waals surface area contributed by atoms with Crippen LogP contribution in [0.15, 0.2) is 30.5 Å². The van der Waals surface area contributed by atoms with Crippen LogP contribution >= 0.6 is 0 Å². The molecule has 1 N–H and O–H groups in total. The number of anilines is 1. The van der Waals surface area contributed by atoms with E-state index in [1.54, 1.807) is 0 Å². The number of aromatic nitrogens is 2. The molecule has 0 aliphatic heterocycles. The monoisotopic (exact) mass is 258 g/mol. The van der Waals surface area contributed by atoms with Crippen molar-refractivity contribution in [2.45, 2.75) is 20.0 Å². The van der Waals surface area contributed by atoms with Crippen LogP contribution in [0.3, 0.4) is 0 Å². The first kappa shape index (κ1) is 13.6. The van der Waals surface area contributed by atoms with E-state index in [0.717, 1.165) is 24.5 Å². The summed E-state index contributed by atoms with van der Waals surface area (Å²) in [5.74, 6) is 0. The van der Waals surface area contributed by atoms with Crippen molar-refractivity contribution >= 4 is 5.69 Å². The predicted molar refractivity (Wildman–Crippen MR) is 79.1 cm³/mol. The summed E-state index contributed by atoms with van der Waals surface area (Å²) >= 11 is 0. The topological polar surface area (TPSA) is 33.1 Å². The molecule has 2 aromatic rings. The van der Waals surface area contributed by atoms with Crippen molar-refractivity contribution < 1.29 is 0 Å². The molecule has 102 valence electrons. The van der Waals surface area contributed by atoms with Crippen molar-refractivity contribution in [2.24, 2.45) is 7.05 Å². The largest absolute Gasteiger partial charge is 0.381 e. The van der Waals surface area contributed by atoms with Crippen LogP contribution < -0.4 is 5.32 Å². The SMILES string of the molecule is Cc1nn(C)cc1CNc1cccc(CN(C)C)c1. The summed E-state index contributed by atoms with van der Waals surface area (Å²) in [6.45, 7) is 3.81. The number of hydrogen-bond donors (Lipinski definition) is 1. The Morgan fingerprint density at radius 3 is 2.74 bits per heavy atom. The van der Waals surface area contributed by atoms with Crippen LogP contribution in [0, 0.1) is 6.92 Å². The third-order valence-electron chi connectivity index (χ3n) is 3.02. The van der Waals surface area contributed by atoms with Gasteiger partial charge in [-0.15, -0.1) is 0 Å². The number of hydrogen-bond acceptors (Lipinski definition) is 3. The Morgan fingerprint density at radius 1 is 1.32 bits per heavy atom. The minimum atomic E-state index is 0.811. The lowest BCUT2D eigenvalue weighted by Gasteiger charge is -2.11. The first-order valence-electron chi connectivity index (χ1n) is 6.51. The molecule has 0 saturated heterocycles. The summed E-state index contributed by atoms with van der Waals surface area (Å²) < 4.78 is 1.86. The molecule has 4 nitrogen and oxygen atoms in total. The van der Waals surface area contributed by atoms with Crippen LogP contribution in [-0.2, 0) is 20.1 Å². The second kappa shape index (κ2) is 5.89. The van der Waals surface area contributed by atoms with Crippen molar-refractivity contribution in [2.75, 3.05) is 19.4 Å². The normalized spacial score (nSPS) is 11.0. The number of aryl methyl sites for hydroxylation is 2. The highest BCUT2D eigenvalue weighted by atomic mass is 15.2. The zero-order valence-electron chi connectivity index (χ0n) is 12.1. The summed E-state index contributed by atoms with van der Waals surface area (Å²) in [6, 6.07) is 8.55. The van der Waals surface area contributed by atoms with Crippen LogP contribution in [-0.4, -0.2) is 28.8 Å². The fourth-order valence-electron chi connectivity index (χ4n) is 2.16. The molecule has 2 rings (SSSR count). The molecule has 1 aromatic heterocycles. The number of rotatable bonds is 5. The zero-order chi connectivity index (χ0) is 13.8. The molecule has 0 amide bonds. The van der Waals surface area contributed by atoms with E-state index < -0.39 is 0 Å². The van der Waals surface area contributed by atoms with Gasteiger partial charge in [0.05, 0.1) is 5.69 Å². The van der Waals surface area contributed by atoms with Gasteiger partial charge in [0.25, 0.3) is 0 Å². The highest BCUT2D eigenvalue weighted by Crippen LogP contribution is 2.14. The van der Waals surface area contributed by atoms with Crippen molar-refractivity contribution in [3.05, 3.63) is 47.3 Å². The van der Waals surface area contributed by atoms with E-state index in [1.165, 1.54) is 11.1 Å². The molecule has 4 heteroatoms. The van der Waals surface area contributed by atoms with Crippen molar-refractivity contribution in [1.82, 2.24) is 14.7 Å². The molecule has 0 atom stereocenters. The Morgan fingerprint density at radius 2 is 2.11 bits per heavy atom. The first-order valence-corrected chi connectivity index (χ1v) is 6.51. The average Bonchev–Trinajstić information content (AvgIpc) is 2.65. The fraction of sp³-hybridized carbons (Fsp3) is 0.400. The lowest BCUT2D eigenvalue weighted by atomic mass is 10.2. The van der Waals surface area contributed by atoms with E-state index in [9.17, 15) is 0 Å². The Kier molecular flexibility index (Phi) is 4.22. The third-order valence-corrected chi connectivity index (χ3v) is 3.02. The zero-order valence-corrected chi connectivity index (χ0v) is 12.1. The third kappa shape index (κ3) is 3.83. The van der Waals surface area contributed by atoms with E-state index >= 15 is 0 Å². The summed E-state index contributed by atoms with van der Waals surface area (Å²) in [4.78, 5) is 2.17. The van der Waals surface area contributed by atoms with Gasteiger partial charge in [0.1, 0.15) is 0 Å². The second-order valence-electron chi connectivity index (χ2n) is 5.21. The summed E-state index contributed by atoms with van der Waals surface area (Å²) in [5.41, 5.74) is 4.79. The molecule has 1 aromatic carbocycles. The molecule has 0 aliphatic carbocycles. The molecule has 0 aliphatic rings. The molecular formula is C15H22N4. The summed E-state index contributed by atoms with van der Waals surface area (Å²) in [7, 11) is 6.12. The lowest BCUT2D eigenvalue weighted by Crippen LogP contribution is -2.10. The van der Waals surface area contributed by atoms with E-state index in [4.69, 9.17) is 0 Å². The molecule has 0 radical (unpaired) electrons. The minimum Gasteiger partial charge on any atom is -0.381 e. The average molecular weight is 258 g/mol. The van der Waals surface area contributed by atoms with Crippen LogP contribution in [0.2, 0.25) is 0 Å². The Hall–Kier alpha value is -1.81. The maximum Gasteiger partial charge on any atom is 0.0643 e. The molecule has 1 heterocycles. The summed E-state index contributed by atoms with van der Waals surface area (Å²) in [5, 5.41) is 7.81. The smallest absolute Gasteiger partial charge is 0.0643 e. The van der Waals surface area contributed by atoms with Gasteiger partial charge in [-0.3, -0.25) is 4.68 Å². The van der Waals surface area contributed by atoms with Crippen molar-refractivity contribution in [3.8, 4) is 0 Å². The van der Waals surface area contributed by atoms with Gasteiger partial charge in [0.15, 0.2) is 0 Å². The van der Waals surface area contributed by atoms with E-state index in [0.29, 0.717) is 0 Å². The van der Waals surface area contributed by atoms with Crippen molar-refractivity contribution in [3.63, 3.8) is 0 Å². The van der Waals surface area contributed by atoms with Gasteiger partial charge in [-0.2, -0.15) is 5.10 Å². The number of nitrogens with zero attached hydrogens (tertiary/aromatic N) is 3. The van der Waals surface area contributed by atoms with Gasteiger partial charge >= 0.3 is 0 Å². The predicted octanol–water partition coefficient (Wildman–Crippen LogP) is 2.40. The number of benzene rings is 1. The number of nitrogens with one attached hydrogen (secondary N) is 1. The second-order valence-corrected chi connectivity index (χ2v) is 5.21. The molecular weight excluding hydrogens is 236 g/mol. The molecule has 0 spiro atoms. The van der Waals surface area contributed by atoms with Gasteiger partial charge in [0, 0.05) is 37.6 Å². The lowest BCUT2D eigenvalue weighted by molar-refractivity contribution is 0.402. The standard InChI is InChI=1S/C15H22N4/c1-12-14(11-19(4)17-12)9-16-15-7-5-6-13(8-15)10-18(2)3/h5-8,11,16H,9-10H2,1-4H3. The maximum atomic E-state index is 4.35. The Balaban J connectivity index is 2.01. The molecule has 0 unspecified atom stereocenters. The first-order chi connectivity index (χ1) is 9.04. The van der Waals surface area contributed by atoms with E-state index in [1.807, 2.05) is 18.7 Å². The van der Waals surface area contributed by atoms with Crippen LogP contribution in [0.4, 0.5) is 5.69 Å². The molecule has 0 bridgehead atoms. The minimum absolute atomic E-state index is 0.811. The van der Waals surface area contributed by atoms with Gasteiger partial charge in [0.2, 0.25) is 0 Å². The molecule has 0 fully saturated rings. The Labute approximate surface area is 115 Å². The van der Waals surface area contributed by atoms with Gasteiger partial charge in [-0.05, 0) is 38.7 Å².